The molecule has 6 heteroatoms. The molecule has 1 atom stereocenters. The molecule has 1 amide bonds. The van der Waals surface area contributed by atoms with Crippen LogP contribution in [0.1, 0.15) is 37.1 Å². The molecular formula is C15H26N4O2. The normalized spacial score (nSPS) is 18.0. The zero-order chi connectivity index (χ0) is 15.4. The predicted octanol–water partition coefficient (Wildman–Crippen LogP) is 1.06. The minimum absolute atomic E-state index is 0.0896. The summed E-state index contributed by atoms with van der Waals surface area (Å²) in [5.41, 5.74) is 6.65. The number of rotatable bonds is 5. The Morgan fingerprint density at radius 1 is 1.33 bits per heavy atom. The van der Waals surface area contributed by atoms with E-state index in [1.165, 1.54) is 0 Å². The number of oxazole rings is 1. The highest BCUT2D eigenvalue weighted by atomic mass is 16.4. The van der Waals surface area contributed by atoms with Crippen molar-refractivity contribution in [2.75, 3.05) is 26.2 Å². The van der Waals surface area contributed by atoms with Crippen molar-refractivity contribution in [2.24, 2.45) is 5.73 Å². The number of nitrogens with two attached hydrogens (primary N) is 1. The number of hydrogen-bond donors (Lipinski definition) is 1. The number of piperazine rings is 1. The first-order valence-electron chi connectivity index (χ1n) is 7.64. The fourth-order valence-electron chi connectivity index (χ4n) is 2.46. The number of aromatic nitrogens is 1. The van der Waals surface area contributed by atoms with Gasteiger partial charge in [0.05, 0.1) is 12.2 Å². The van der Waals surface area contributed by atoms with Crippen LogP contribution in [0.15, 0.2) is 4.42 Å². The maximum Gasteiger partial charge on any atom is 0.222 e. The van der Waals surface area contributed by atoms with Crippen molar-refractivity contribution in [3.63, 3.8) is 0 Å². The lowest BCUT2D eigenvalue weighted by atomic mass is 10.1. The van der Waals surface area contributed by atoms with Gasteiger partial charge in [-0.1, -0.05) is 0 Å². The van der Waals surface area contributed by atoms with Gasteiger partial charge in [0.25, 0.3) is 0 Å². The van der Waals surface area contributed by atoms with E-state index < -0.39 is 0 Å². The molecule has 0 aromatic carbocycles. The molecule has 1 aromatic rings. The molecule has 2 rings (SSSR count). The van der Waals surface area contributed by atoms with Crippen molar-refractivity contribution in [3.8, 4) is 0 Å². The number of carbonyl (C=O) groups is 1. The van der Waals surface area contributed by atoms with Gasteiger partial charge in [0.2, 0.25) is 11.8 Å². The summed E-state index contributed by atoms with van der Waals surface area (Å²) < 4.78 is 5.61. The van der Waals surface area contributed by atoms with E-state index in [0.29, 0.717) is 6.42 Å². The van der Waals surface area contributed by atoms with E-state index in [4.69, 9.17) is 10.2 Å². The molecule has 6 nitrogen and oxygen atoms in total. The van der Waals surface area contributed by atoms with Crippen LogP contribution in [-0.4, -0.2) is 52.9 Å². The first-order valence-corrected chi connectivity index (χ1v) is 7.64. The van der Waals surface area contributed by atoms with Gasteiger partial charge in [-0.3, -0.25) is 9.69 Å². The van der Waals surface area contributed by atoms with Crippen LogP contribution in [-0.2, 0) is 11.3 Å². The van der Waals surface area contributed by atoms with Crippen LogP contribution in [0, 0.1) is 13.8 Å². The lowest BCUT2D eigenvalue weighted by molar-refractivity contribution is -0.133. The Hall–Kier alpha value is -1.40. The summed E-state index contributed by atoms with van der Waals surface area (Å²) in [6, 6.07) is 0.0896. The van der Waals surface area contributed by atoms with Crippen LogP contribution in [0.25, 0.3) is 0 Å². The standard InChI is InChI=1S/C15H26N4O2/c1-11(16)4-5-15(20)19-8-6-18(7-9-19)10-14-17-12(2)13(3)21-14/h11H,4-10,16H2,1-3H3. The van der Waals surface area contributed by atoms with E-state index in [2.05, 4.69) is 9.88 Å². The maximum absolute atomic E-state index is 12.0. The van der Waals surface area contributed by atoms with Gasteiger partial charge < -0.3 is 15.1 Å². The Morgan fingerprint density at radius 3 is 2.52 bits per heavy atom. The van der Waals surface area contributed by atoms with Gasteiger partial charge in [-0.25, -0.2) is 4.98 Å². The van der Waals surface area contributed by atoms with Gasteiger partial charge in [-0.05, 0) is 27.2 Å². The Labute approximate surface area is 126 Å². The molecule has 0 radical (unpaired) electrons. The SMILES string of the molecule is Cc1nc(CN2CCN(C(=O)CCC(C)N)CC2)oc1C. The third-order valence-electron chi connectivity index (χ3n) is 3.97. The van der Waals surface area contributed by atoms with Crippen molar-refractivity contribution >= 4 is 5.91 Å². The largest absolute Gasteiger partial charge is 0.444 e. The molecular weight excluding hydrogens is 268 g/mol. The Morgan fingerprint density at radius 2 is 2.00 bits per heavy atom. The molecule has 1 fully saturated rings. The van der Waals surface area contributed by atoms with Crippen molar-refractivity contribution in [2.45, 2.75) is 46.2 Å². The van der Waals surface area contributed by atoms with Gasteiger partial charge in [0.1, 0.15) is 5.76 Å². The molecule has 21 heavy (non-hydrogen) atoms. The molecule has 0 aliphatic carbocycles. The van der Waals surface area contributed by atoms with E-state index in [1.807, 2.05) is 25.7 Å². The molecule has 1 aliphatic heterocycles. The summed E-state index contributed by atoms with van der Waals surface area (Å²) >= 11 is 0. The Balaban J connectivity index is 1.76. The minimum Gasteiger partial charge on any atom is -0.444 e. The Kier molecular flexibility index (Phi) is 5.36. The van der Waals surface area contributed by atoms with Gasteiger partial charge in [0.15, 0.2) is 0 Å². The van der Waals surface area contributed by atoms with Crippen molar-refractivity contribution in [3.05, 3.63) is 17.3 Å². The van der Waals surface area contributed by atoms with E-state index in [9.17, 15) is 4.79 Å². The van der Waals surface area contributed by atoms with Crippen LogP contribution >= 0.6 is 0 Å². The van der Waals surface area contributed by atoms with Crippen LogP contribution in [0.2, 0.25) is 0 Å². The van der Waals surface area contributed by atoms with Crippen molar-refractivity contribution in [1.82, 2.24) is 14.8 Å². The monoisotopic (exact) mass is 294 g/mol. The van der Waals surface area contributed by atoms with Crippen LogP contribution in [0.5, 0.6) is 0 Å². The van der Waals surface area contributed by atoms with Crippen molar-refractivity contribution < 1.29 is 9.21 Å². The van der Waals surface area contributed by atoms with Gasteiger partial charge in [0, 0.05) is 38.6 Å². The smallest absolute Gasteiger partial charge is 0.222 e. The van der Waals surface area contributed by atoms with Gasteiger partial charge in [-0.2, -0.15) is 0 Å². The molecule has 1 unspecified atom stereocenters. The number of carbonyl (C=O) groups excluding carboxylic acids is 1. The highest BCUT2D eigenvalue weighted by molar-refractivity contribution is 5.76. The number of amides is 1. The summed E-state index contributed by atoms with van der Waals surface area (Å²) in [6.07, 6.45) is 1.31. The predicted molar refractivity (Wildman–Crippen MR) is 80.7 cm³/mol. The quantitative estimate of drug-likeness (QED) is 0.879. The third kappa shape index (κ3) is 4.54. The molecule has 1 saturated heterocycles. The summed E-state index contributed by atoms with van der Waals surface area (Å²) in [6.45, 7) is 9.82. The van der Waals surface area contributed by atoms with Crippen molar-refractivity contribution in [1.29, 1.82) is 0 Å². The van der Waals surface area contributed by atoms with Crippen LogP contribution in [0.4, 0.5) is 0 Å². The molecule has 118 valence electrons. The average molecular weight is 294 g/mol. The summed E-state index contributed by atoms with van der Waals surface area (Å²) in [5, 5.41) is 0. The molecule has 0 spiro atoms. The fraction of sp³-hybridized carbons (Fsp3) is 0.733. The molecule has 1 aliphatic rings. The zero-order valence-electron chi connectivity index (χ0n) is 13.3. The first kappa shape index (κ1) is 16.0. The Bertz CT molecular complexity index is 457. The lowest BCUT2D eigenvalue weighted by Gasteiger charge is -2.34. The highest BCUT2D eigenvalue weighted by Crippen LogP contribution is 2.13. The molecule has 2 heterocycles. The molecule has 0 bridgehead atoms. The topological polar surface area (TPSA) is 75.6 Å². The zero-order valence-corrected chi connectivity index (χ0v) is 13.3. The highest BCUT2D eigenvalue weighted by Gasteiger charge is 2.22. The van der Waals surface area contributed by atoms with Crippen LogP contribution in [0.3, 0.4) is 0 Å². The van der Waals surface area contributed by atoms with E-state index in [1.54, 1.807) is 0 Å². The molecule has 1 aromatic heterocycles. The fourth-order valence-corrected chi connectivity index (χ4v) is 2.46. The van der Waals surface area contributed by atoms with Gasteiger partial charge >= 0.3 is 0 Å². The summed E-state index contributed by atoms with van der Waals surface area (Å²) in [4.78, 5) is 20.7. The summed E-state index contributed by atoms with van der Waals surface area (Å²) in [7, 11) is 0. The average Bonchev–Trinajstić information content (AvgIpc) is 2.75. The van der Waals surface area contributed by atoms with E-state index in [0.717, 1.165) is 56.5 Å². The van der Waals surface area contributed by atoms with E-state index >= 15 is 0 Å². The van der Waals surface area contributed by atoms with E-state index in [-0.39, 0.29) is 11.9 Å². The number of nitrogens with zero attached hydrogens (tertiary/aromatic N) is 3. The second-order valence-corrected chi connectivity index (χ2v) is 5.92. The first-order chi connectivity index (χ1) is 9.95. The third-order valence-corrected chi connectivity index (χ3v) is 3.97. The van der Waals surface area contributed by atoms with Crippen LogP contribution < -0.4 is 5.73 Å². The lowest BCUT2D eigenvalue weighted by Crippen LogP contribution is -2.48. The minimum atomic E-state index is 0.0896. The molecule has 2 N–H and O–H groups in total. The second-order valence-electron chi connectivity index (χ2n) is 5.92. The summed E-state index contributed by atoms with van der Waals surface area (Å²) in [5.74, 6) is 1.87. The maximum atomic E-state index is 12.0. The number of aryl methyl sites for hydroxylation is 2. The van der Waals surface area contributed by atoms with Gasteiger partial charge in [-0.15, -0.1) is 0 Å². The second kappa shape index (κ2) is 7.04. The molecule has 0 saturated carbocycles. The number of hydrogen-bond acceptors (Lipinski definition) is 5.